The number of hydrogen-bond donors (Lipinski definition) is 1. The van der Waals surface area contributed by atoms with E-state index in [-0.39, 0.29) is 0 Å². The van der Waals surface area contributed by atoms with Crippen LogP contribution >= 0.6 is 0 Å². The molecule has 2 aromatic carbocycles. The summed E-state index contributed by atoms with van der Waals surface area (Å²) in [6.07, 6.45) is 3.32. The van der Waals surface area contributed by atoms with E-state index in [2.05, 4.69) is 6.92 Å². The second-order valence-electron chi connectivity index (χ2n) is 4.12. The molecule has 3 heteroatoms. The van der Waals surface area contributed by atoms with Gasteiger partial charge in [-0.1, -0.05) is 43.7 Å². The van der Waals surface area contributed by atoms with Crippen LogP contribution in [0.5, 0.6) is 0 Å². The first-order chi connectivity index (χ1) is 8.24. The molecule has 0 amide bonds. The molecule has 0 aromatic heterocycles. The summed E-state index contributed by atoms with van der Waals surface area (Å²) in [5, 5.41) is 1.99. The first-order valence-electron chi connectivity index (χ1n) is 5.85. The average Bonchev–Trinajstić information content (AvgIpc) is 2.35. The highest BCUT2D eigenvalue weighted by atomic mass is 32.2. The summed E-state index contributed by atoms with van der Waals surface area (Å²) in [4.78, 5) is 0.501. The van der Waals surface area contributed by atoms with E-state index in [0.29, 0.717) is 4.90 Å². The van der Waals surface area contributed by atoms with Gasteiger partial charge in [0.15, 0.2) is 11.1 Å². The van der Waals surface area contributed by atoms with Gasteiger partial charge in [-0.3, -0.25) is 0 Å². The molecular formula is C14H16O2S. The molecule has 0 saturated heterocycles. The van der Waals surface area contributed by atoms with Crippen molar-refractivity contribution in [3.8, 4) is 0 Å². The van der Waals surface area contributed by atoms with E-state index >= 15 is 0 Å². The topological polar surface area (TPSA) is 37.3 Å². The van der Waals surface area contributed by atoms with Gasteiger partial charge in [0, 0.05) is 5.39 Å². The third kappa shape index (κ3) is 2.56. The van der Waals surface area contributed by atoms with Crippen LogP contribution in [-0.2, 0) is 17.5 Å². The predicted octanol–water partition coefficient (Wildman–Crippen LogP) is 3.76. The molecule has 0 bridgehead atoms. The summed E-state index contributed by atoms with van der Waals surface area (Å²) in [7, 11) is 0. The monoisotopic (exact) mass is 248 g/mol. The largest absolute Gasteiger partial charge is 0.302 e. The molecule has 0 aliphatic rings. The minimum absolute atomic E-state index is 0.501. The van der Waals surface area contributed by atoms with Crippen LogP contribution in [-0.4, -0.2) is 8.76 Å². The van der Waals surface area contributed by atoms with Gasteiger partial charge in [-0.25, -0.2) is 4.21 Å². The second-order valence-corrected chi connectivity index (χ2v) is 5.06. The van der Waals surface area contributed by atoms with Gasteiger partial charge in [0.25, 0.3) is 0 Å². The lowest BCUT2D eigenvalue weighted by molar-refractivity contribution is 0.565. The van der Waals surface area contributed by atoms with Gasteiger partial charge in [-0.15, -0.1) is 0 Å². The van der Waals surface area contributed by atoms with Crippen molar-refractivity contribution in [1.29, 1.82) is 0 Å². The summed E-state index contributed by atoms with van der Waals surface area (Å²) >= 11 is -1.92. The molecule has 0 aliphatic heterocycles. The molecule has 90 valence electrons. The summed E-state index contributed by atoms with van der Waals surface area (Å²) in [6.45, 7) is 2.17. The molecule has 2 rings (SSSR count). The van der Waals surface area contributed by atoms with E-state index < -0.39 is 11.1 Å². The van der Waals surface area contributed by atoms with Crippen molar-refractivity contribution >= 4 is 21.9 Å². The van der Waals surface area contributed by atoms with Crippen molar-refractivity contribution in [3.63, 3.8) is 0 Å². The zero-order chi connectivity index (χ0) is 12.3. The standard InChI is InChI=1S/C14H16O2S/c1-2-3-6-11-9-10-14(17(15)16)13-8-5-4-7-12(11)13/h4-5,7-10H,2-3,6H2,1H3,(H,15,16). The summed E-state index contributed by atoms with van der Waals surface area (Å²) in [5.41, 5.74) is 1.26. The van der Waals surface area contributed by atoms with Gasteiger partial charge in [0.2, 0.25) is 0 Å². The van der Waals surface area contributed by atoms with Gasteiger partial charge in [0.05, 0.1) is 4.90 Å². The van der Waals surface area contributed by atoms with Crippen LogP contribution < -0.4 is 0 Å². The Morgan fingerprint density at radius 3 is 2.47 bits per heavy atom. The first kappa shape index (κ1) is 12.3. The van der Waals surface area contributed by atoms with E-state index in [1.165, 1.54) is 5.56 Å². The Balaban J connectivity index is 2.58. The van der Waals surface area contributed by atoms with Crippen molar-refractivity contribution in [1.82, 2.24) is 0 Å². The minimum atomic E-state index is -1.92. The maximum atomic E-state index is 11.3. The zero-order valence-corrected chi connectivity index (χ0v) is 10.7. The Labute approximate surface area is 104 Å². The molecule has 0 aliphatic carbocycles. The molecule has 0 heterocycles. The van der Waals surface area contributed by atoms with Crippen molar-refractivity contribution in [2.24, 2.45) is 0 Å². The van der Waals surface area contributed by atoms with E-state index in [9.17, 15) is 8.76 Å². The van der Waals surface area contributed by atoms with Crippen molar-refractivity contribution in [2.75, 3.05) is 0 Å². The van der Waals surface area contributed by atoms with Gasteiger partial charge < -0.3 is 4.55 Å². The number of benzene rings is 2. The average molecular weight is 248 g/mol. The number of fused-ring (bicyclic) bond motifs is 1. The maximum Gasteiger partial charge on any atom is 0.187 e. The van der Waals surface area contributed by atoms with E-state index in [1.807, 2.05) is 30.3 Å². The summed E-state index contributed by atoms with van der Waals surface area (Å²) in [6, 6.07) is 11.6. The van der Waals surface area contributed by atoms with Crippen LogP contribution in [0.3, 0.4) is 0 Å². The Morgan fingerprint density at radius 2 is 1.82 bits per heavy atom. The number of hydrogen-bond acceptors (Lipinski definition) is 1. The van der Waals surface area contributed by atoms with Gasteiger partial charge in [-0.2, -0.15) is 0 Å². The number of aryl methyl sites for hydroxylation is 1. The van der Waals surface area contributed by atoms with Crippen molar-refractivity contribution in [2.45, 2.75) is 31.1 Å². The highest BCUT2D eigenvalue weighted by molar-refractivity contribution is 7.79. The highest BCUT2D eigenvalue weighted by Gasteiger charge is 2.08. The maximum absolute atomic E-state index is 11.3. The minimum Gasteiger partial charge on any atom is -0.302 e. The van der Waals surface area contributed by atoms with Crippen LogP contribution in [0.25, 0.3) is 10.8 Å². The molecule has 2 nitrogen and oxygen atoms in total. The van der Waals surface area contributed by atoms with Crippen molar-refractivity contribution in [3.05, 3.63) is 42.0 Å². The smallest absolute Gasteiger partial charge is 0.187 e. The van der Waals surface area contributed by atoms with Crippen LogP contribution in [0.4, 0.5) is 0 Å². The van der Waals surface area contributed by atoms with Gasteiger partial charge in [-0.05, 0) is 29.9 Å². The lowest BCUT2D eigenvalue weighted by Gasteiger charge is -2.08. The molecule has 2 aromatic rings. The van der Waals surface area contributed by atoms with E-state index in [4.69, 9.17) is 0 Å². The third-order valence-corrected chi connectivity index (χ3v) is 3.69. The van der Waals surface area contributed by atoms with E-state index in [1.54, 1.807) is 6.07 Å². The molecule has 0 fully saturated rings. The molecule has 0 radical (unpaired) electrons. The SMILES string of the molecule is CCCCc1ccc(S(=O)O)c2ccccc12. The third-order valence-electron chi connectivity index (χ3n) is 2.96. The van der Waals surface area contributed by atoms with Gasteiger partial charge in [0.1, 0.15) is 0 Å². The predicted molar refractivity (Wildman–Crippen MR) is 71.6 cm³/mol. The second kappa shape index (κ2) is 5.43. The Bertz CT molecular complexity index is 549. The van der Waals surface area contributed by atoms with Crippen molar-refractivity contribution < 1.29 is 8.76 Å². The number of unbranched alkanes of at least 4 members (excludes halogenated alkanes) is 1. The number of rotatable bonds is 4. The summed E-state index contributed by atoms with van der Waals surface area (Å²) < 4.78 is 20.5. The van der Waals surface area contributed by atoms with Gasteiger partial charge >= 0.3 is 0 Å². The molecule has 1 unspecified atom stereocenters. The van der Waals surface area contributed by atoms with Crippen LogP contribution in [0.15, 0.2) is 41.3 Å². The lowest BCUT2D eigenvalue weighted by Crippen LogP contribution is -1.94. The molecule has 0 saturated carbocycles. The summed E-state index contributed by atoms with van der Waals surface area (Å²) in [5.74, 6) is 0. The molecule has 1 N–H and O–H groups in total. The first-order valence-corrected chi connectivity index (χ1v) is 6.96. The molecular weight excluding hydrogens is 232 g/mol. The Hall–Kier alpha value is -1.19. The normalized spacial score (nSPS) is 12.8. The van der Waals surface area contributed by atoms with Crippen LogP contribution in [0, 0.1) is 0 Å². The fourth-order valence-corrected chi connectivity index (χ4v) is 2.62. The van der Waals surface area contributed by atoms with Crippen LogP contribution in [0.1, 0.15) is 25.3 Å². The highest BCUT2D eigenvalue weighted by Crippen LogP contribution is 2.25. The quantitative estimate of drug-likeness (QED) is 0.836. The molecule has 0 spiro atoms. The fraction of sp³-hybridized carbons (Fsp3) is 0.286. The fourth-order valence-electron chi connectivity index (χ4n) is 2.07. The van der Waals surface area contributed by atoms with Crippen LogP contribution in [0.2, 0.25) is 0 Å². The van der Waals surface area contributed by atoms with E-state index in [0.717, 1.165) is 30.0 Å². The Morgan fingerprint density at radius 1 is 1.12 bits per heavy atom. The molecule has 1 atom stereocenters. The lowest BCUT2D eigenvalue weighted by atomic mass is 10.0. The Kier molecular flexibility index (Phi) is 3.92. The zero-order valence-electron chi connectivity index (χ0n) is 9.85. The molecule has 17 heavy (non-hydrogen) atoms.